The Hall–Kier alpha value is -3.60. The molecule has 5 heteroatoms. The van der Waals surface area contributed by atoms with Crippen LogP contribution in [0.1, 0.15) is 20.7 Å². The first kappa shape index (κ1) is 19.7. The van der Waals surface area contributed by atoms with E-state index in [0.717, 1.165) is 21.5 Å². The zero-order chi connectivity index (χ0) is 18.5. The van der Waals surface area contributed by atoms with E-state index >= 15 is 0 Å². The molecule has 0 aromatic heterocycles. The van der Waals surface area contributed by atoms with Crippen molar-refractivity contribution < 1.29 is 19.8 Å². The molecular formula is C22H19BO4. The normalized spacial score (nSPS) is 9.78. The molecule has 4 nitrogen and oxygen atoms in total. The van der Waals surface area contributed by atoms with Gasteiger partial charge < -0.3 is 10.2 Å². The maximum Gasteiger partial charge on any atom is 0.336 e. The van der Waals surface area contributed by atoms with Crippen molar-refractivity contribution in [2.75, 3.05) is 0 Å². The van der Waals surface area contributed by atoms with Gasteiger partial charge in [-0.1, -0.05) is 72.8 Å². The molecule has 0 bridgehead atoms. The predicted octanol–water partition coefficient (Wildman–Crippen LogP) is 3.89. The quantitative estimate of drug-likeness (QED) is 0.533. The summed E-state index contributed by atoms with van der Waals surface area (Å²) in [6, 6.07) is 25.5. The molecule has 0 aliphatic rings. The topological polar surface area (TPSA) is 74.6 Å². The lowest BCUT2D eigenvalue weighted by Crippen LogP contribution is -1.96. The molecule has 0 fully saturated rings. The molecule has 0 unspecified atom stereocenters. The number of hydrogen-bond acceptors (Lipinski definition) is 2. The van der Waals surface area contributed by atoms with E-state index in [1.807, 2.05) is 60.7 Å². The van der Waals surface area contributed by atoms with Crippen LogP contribution in [0.2, 0.25) is 0 Å². The molecule has 4 aromatic rings. The molecule has 0 amide bonds. The summed E-state index contributed by atoms with van der Waals surface area (Å²) in [7, 11) is 0. The highest BCUT2D eigenvalue weighted by molar-refractivity contribution is 6.04. The molecule has 4 rings (SSSR count). The molecular weight excluding hydrogens is 339 g/mol. The van der Waals surface area contributed by atoms with Crippen LogP contribution >= 0.6 is 0 Å². The minimum atomic E-state index is -0.878. The standard InChI is InChI=1S/2C11H8O2.BH3/c2*12-11(13)10-7-3-5-8-4-1-2-6-9(8)10;/h2*1-7H,(H,12,13);1H3. The van der Waals surface area contributed by atoms with Crippen LogP contribution in [-0.4, -0.2) is 30.6 Å². The minimum Gasteiger partial charge on any atom is -0.478 e. The molecule has 0 radical (unpaired) electrons. The highest BCUT2D eigenvalue weighted by atomic mass is 16.4. The Morgan fingerprint density at radius 2 is 0.852 bits per heavy atom. The smallest absolute Gasteiger partial charge is 0.336 e. The van der Waals surface area contributed by atoms with Gasteiger partial charge in [-0.25, -0.2) is 9.59 Å². The molecule has 0 heterocycles. The lowest BCUT2D eigenvalue weighted by Gasteiger charge is -2.00. The number of hydrogen-bond donors (Lipinski definition) is 2. The molecule has 0 aliphatic heterocycles. The van der Waals surface area contributed by atoms with E-state index in [4.69, 9.17) is 10.2 Å². The number of aromatic carboxylic acids is 2. The largest absolute Gasteiger partial charge is 0.478 e. The van der Waals surface area contributed by atoms with Gasteiger partial charge in [0.05, 0.1) is 19.5 Å². The first-order chi connectivity index (χ1) is 12.6. The van der Waals surface area contributed by atoms with Gasteiger partial charge in [0, 0.05) is 0 Å². The van der Waals surface area contributed by atoms with Gasteiger partial charge in [0.2, 0.25) is 0 Å². The fourth-order valence-electron chi connectivity index (χ4n) is 2.82. The van der Waals surface area contributed by atoms with Crippen LogP contribution < -0.4 is 0 Å². The zero-order valence-electron chi connectivity index (χ0n) is 13.8. The van der Waals surface area contributed by atoms with Crippen molar-refractivity contribution in [3.8, 4) is 0 Å². The summed E-state index contributed by atoms with van der Waals surface area (Å²) in [5.41, 5.74) is 0.719. The number of carbonyl (C=O) groups is 2. The van der Waals surface area contributed by atoms with Crippen molar-refractivity contribution in [1.29, 1.82) is 0 Å². The summed E-state index contributed by atoms with van der Waals surface area (Å²) in [6.07, 6.45) is 0. The van der Waals surface area contributed by atoms with Gasteiger partial charge >= 0.3 is 11.9 Å². The molecule has 0 saturated carbocycles. The van der Waals surface area contributed by atoms with Crippen molar-refractivity contribution in [1.82, 2.24) is 0 Å². The Balaban J connectivity index is 0.000000187. The molecule has 0 aliphatic carbocycles. The van der Waals surface area contributed by atoms with Gasteiger partial charge in [0.25, 0.3) is 0 Å². The average Bonchev–Trinajstić information content (AvgIpc) is 2.67. The SMILES string of the molecule is B.O=C(O)c1cccc2ccccc12.O=C(O)c1cccc2ccccc12. The Labute approximate surface area is 158 Å². The molecule has 0 atom stereocenters. The summed E-state index contributed by atoms with van der Waals surface area (Å²) in [4.78, 5) is 21.6. The third-order valence-corrected chi connectivity index (χ3v) is 4.04. The van der Waals surface area contributed by atoms with Crippen molar-refractivity contribution in [3.63, 3.8) is 0 Å². The Morgan fingerprint density at radius 3 is 1.22 bits per heavy atom. The molecule has 134 valence electrons. The molecule has 0 saturated heterocycles. The van der Waals surface area contributed by atoms with Gasteiger partial charge in [0.1, 0.15) is 0 Å². The number of rotatable bonds is 2. The average molecular weight is 358 g/mol. The highest BCUT2D eigenvalue weighted by Crippen LogP contribution is 2.18. The van der Waals surface area contributed by atoms with Gasteiger partial charge in [-0.2, -0.15) is 0 Å². The van der Waals surface area contributed by atoms with E-state index in [1.165, 1.54) is 0 Å². The Morgan fingerprint density at radius 1 is 0.519 bits per heavy atom. The maximum atomic E-state index is 10.8. The van der Waals surface area contributed by atoms with Gasteiger partial charge in [0.15, 0.2) is 0 Å². The molecule has 0 spiro atoms. The summed E-state index contributed by atoms with van der Waals surface area (Å²) in [5.74, 6) is -1.76. The van der Waals surface area contributed by atoms with Crippen molar-refractivity contribution in [2.45, 2.75) is 0 Å². The maximum absolute atomic E-state index is 10.8. The van der Waals surface area contributed by atoms with Crippen LogP contribution in [0, 0.1) is 0 Å². The molecule has 27 heavy (non-hydrogen) atoms. The summed E-state index contributed by atoms with van der Waals surface area (Å²) >= 11 is 0. The first-order valence-electron chi connectivity index (χ1n) is 8.00. The molecule has 2 N–H and O–H groups in total. The third-order valence-electron chi connectivity index (χ3n) is 4.04. The number of fused-ring (bicyclic) bond motifs is 2. The second kappa shape index (κ2) is 8.67. The van der Waals surface area contributed by atoms with E-state index in [-0.39, 0.29) is 8.41 Å². The van der Waals surface area contributed by atoms with Gasteiger partial charge in [-0.05, 0) is 33.7 Å². The lowest BCUT2D eigenvalue weighted by atomic mass is 10.1. The van der Waals surface area contributed by atoms with Crippen molar-refractivity contribution in [2.24, 2.45) is 0 Å². The Bertz CT molecular complexity index is 1010. The summed E-state index contributed by atoms with van der Waals surface area (Å²) < 4.78 is 0. The van der Waals surface area contributed by atoms with Crippen LogP contribution in [-0.2, 0) is 0 Å². The van der Waals surface area contributed by atoms with Crippen molar-refractivity contribution in [3.05, 3.63) is 96.1 Å². The Kier molecular flexibility index (Phi) is 6.34. The fraction of sp³-hybridized carbons (Fsp3) is 0. The van der Waals surface area contributed by atoms with E-state index in [9.17, 15) is 9.59 Å². The third kappa shape index (κ3) is 4.33. The summed E-state index contributed by atoms with van der Waals surface area (Å²) in [6.45, 7) is 0. The fourth-order valence-corrected chi connectivity index (χ4v) is 2.82. The highest BCUT2D eigenvalue weighted by Gasteiger charge is 2.06. The number of carboxylic acids is 2. The van der Waals surface area contributed by atoms with E-state index in [1.54, 1.807) is 24.3 Å². The summed E-state index contributed by atoms with van der Waals surface area (Å²) in [5, 5.41) is 21.3. The number of carboxylic acid groups (broad SMARTS) is 2. The minimum absolute atomic E-state index is 0. The number of benzene rings is 4. The van der Waals surface area contributed by atoms with Crippen LogP contribution in [0.3, 0.4) is 0 Å². The first-order valence-corrected chi connectivity index (χ1v) is 8.00. The second-order valence-corrected chi connectivity index (χ2v) is 5.66. The lowest BCUT2D eigenvalue weighted by molar-refractivity contribution is 0.0688. The monoisotopic (exact) mass is 358 g/mol. The van der Waals surface area contributed by atoms with E-state index < -0.39 is 11.9 Å². The van der Waals surface area contributed by atoms with Crippen molar-refractivity contribution >= 4 is 41.9 Å². The molecule has 4 aromatic carbocycles. The van der Waals surface area contributed by atoms with Crippen LogP contribution in [0.15, 0.2) is 84.9 Å². The van der Waals surface area contributed by atoms with Crippen LogP contribution in [0.25, 0.3) is 21.5 Å². The van der Waals surface area contributed by atoms with E-state index in [0.29, 0.717) is 11.1 Å². The van der Waals surface area contributed by atoms with Crippen LogP contribution in [0.5, 0.6) is 0 Å². The predicted molar refractivity (Wildman–Crippen MR) is 112 cm³/mol. The van der Waals surface area contributed by atoms with Gasteiger partial charge in [-0.15, -0.1) is 0 Å². The second-order valence-electron chi connectivity index (χ2n) is 5.66. The van der Waals surface area contributed by atoms with Gasteiger partial charge in [-0.3, -0.25) is 0 Å². The zero-order valence-corrected chi connectivity index (χ0v) is 13.8. The van der Waals surface area contributed by atoms with E-state index in [2.05, 4.69) is 0 Å². The van der Waals surface area contributed by atoms with Crippen LogP contribution in [0.4, 0.5) is 0 Å².